The summed E-state index contributed by atoms with van der Waals surface area (Å²) in [5, 5.41) is 0. The molecule has 2 rings (SSSR count). The fraction of sp³-hybridized carbons (Fsp3) is 0.0909. The molecule has 0 aliphatic rings. The van der Waals surface area contributed by atoms with Gasteiger partial charge in [0.05, 0.1) is 15.6 Å². The highest BCUT2D eigenvalue weighted by Crippen LogP contribution is 2.32. The Hall–Kier alpha value is -0.610. The van der Waals surface area contributed by atoms with Crippen LogP contribution < -0.4 is 0 Å². The summed E-state index contributed by atoms with van der Waals surface area (Å²) in [6.45, 7) is 0. The van der Waals surface area contributed by atoms with Crippen LogP contribution in [0.1, 0.15) is 16.2 Å². The minimum absolute atomic E-state index is 0.0515. The molecule has 15 heavy (non-hydrogen) atoms. The first kappa shape index (κ1) is 10.9. The molecule has 1 aromatic carbocycles. The molecule has 0 N–H and O–H groups in total. The normalized spacial score (nSPS) is 12.7. The Labute approximate surface area is 104 Å². The summed E-state index contributed by atoms with van der Waals surface area (Å²) < 4.78 is 18.7. The molecular formula is C11H7Br2FO. The highest BCUT2D eigenvalue weighted by molar-refractivity contribution is 9.10. The Morgan fingerprint density at radius 3 is 2.67 bits per heavy atom. The second kappa shape index (κ2) is 4.49. The average Bonchev–Trinajstić information content (AvgIpc) is 2.74. The van der Waals surface area contributed by atoms with Crippen molar-refractivity contribution in [3.63, 3.8) is 0 Å². The van der Waals surface area contributed by atoms with Gasteiger partial charge in [0.2, 0.25) is 0 Å². The molecule has 0 fully saturated rings. The standard InChI is InChI=1S/C11H7Br2FO/c12-8-6-7(3-4-9(8)14)11(13)10-2-1-5-15-10/h1-6,11H. The van der Waals surface area contributed by atoms with Crippen LogP contribution in [0.25, 0.3) is 0 Å². The summed E-state index contributed by atoms with van der Waals surface area (Å²) in [6.07, 6.45) is 1.61. The van der Waals surface area contributed by atoms with Gasteiger partial charge in [0.15, 0.2) is 0 Å². The minimum Gasteiger partial charge on any atom is -0.468 e. The minimum atomic E-state index is -0.266. The second-order valence-corrected chi connectivity index (χ2v) is 4.82. The highest BCUT2D eigenvalue weighted by atomic mass is 79.9. The van der Waals surface area contributed by atoms with Crippen molar-refractivity contribution < 1.29 is 8.81 Å². The number of alkyl halides is 1. The Bertz CT molecular complexity index is 454. The van der Waals surface area contributed by atoms with Crippen LogP contribution in [-0.2, 0) is 0 Å². The van der Waals surface area contributed by atoms with Crippen LogP contribution in [0.2, 0.25) is 0 Å². The van der Waals surface area contributed by atoms with E-state index in [9.17, 15) is 4.39 Å². The van der Waals surface area contributed by atoms with Crippen molar-refractivity contribution in [1.29, 1.82) is 0 Å². The molecule has 4 heteroatoms. The second-order valence-electron chi connectivity index (χ2n) is 3.05. The van der Waals surface area contributed by atoms with E-state index in [2.05, 4.69) is 31.9 Å². The van der Waals surface area contributed by atoms with Crippen LogP contribution in [0.15, 0.2) is 45.5 Å². The fourth-order valence-corrected chi connectivity index (χ4v) is 2.21. The Morgan fingerprint density at radius 2 is 2.07 bits per heavy atom. The van der Waals surface area contributed by atoms with E-state index < -0.39 is 0 Å². The number of rotatable bonds is 2. The third-order valence-electron chi connectivity index (χ3n) is 2.03. The predicted molar refractivity (Wildman–Crippen MR) is 63.6 cm³/mol. The van der Waals surface area contributed by atoms with Crippen molar-refractivity contribution in [2.24, 2.45) is 0 Å². The summed E-state index contributed by atoms with van der Waals surface area (Å²) in [7, 11) is 0. The Kier molecular flexibility index (Phi) is 3.26. The molecule has 0 amide bonds. The van der Waals surface area contributed by atoms with Crippen molar-refractivity contribution in [2.45, 2.75) is 4.83 Å². The van der Waals surface area contributed by atoms with Crippen molar-refractivity contribution in [3.8, 4) is 0 Å². The van der Waals surface area contributed by atoms with E-state index in [1.807, 2.05) is 12.1 Å². The number of furan rings is 1. The summed E-state index contributed by atoms with van der Waals surface area (Å²) in [5.74, 6) is 0.534. The number of hydrogen-bond acceptors (Lipinski definition) is 1. The zero-order valence-electron chi connectivity index (χ0n) is 7.58. The van der Waals surface area contributed by atoms with E-state index in [0.29, 0.717) is 4.47 Å². The fourth-order valence-electron chi connectivity index (χ4n) is 1.27. The maximum atomic E-state index is 13.0. The van der Waals surface area contributed by atoms with Gasteiger partial charge in [-0.15, -0.1) is 0 Å². The topological polar surface area (TPSA) is 13.1 Å². The van der Waals surface area contributed by atoms with Crippen LogP contribution in [0.4, 0.5) is 4.39 Å². The Balaban J connectivity index is 2.34. The van der Waals surface area contributed by atoms with Crippen LogP contribution in [-0.4, -0.2) is 0 Å². The van der Waals surface area contributed by atoms with E-state index in [4.69, 9.17) is 4.42 Å². The third kappa shape index (κ3) is 2.32. The molecule has 1 heterocycles. The van der Waals surface area contributed by atoms with Gasteiger partial charge in [0.25, 0.3) is 0 Å². The lowest BCUT2D eigenvalue weighted by molar-refractivity contribution is 0.519. The van der Waals surface area contributed by atoms with E-state index in [0.717, 1.165) is 11.3 Å². The van der Waals surface area contributed by atoms with Crippen molar-refractivity contribution in [2.75, 3.05) is 0 Å². The largest absolute Gasteiger partial charge is 0.468 e. The molecule has 0 aliphatic heterocycles. The molecule has 0 spiro atoms. The lowest BCUT2D eigenvalue weighted by Gasteiger charge is -2.07. The van der Waals surface area contributed by atoms with Gasteiger partial charge in [-0.3, -0.25) is 0 Å². The molecule has 1 unspecified atom stereocenters. The third-order valence-corrected chi connectivity index (χ3v) is 3.62. The van der Waals surface area contributed by atoms with Gasteiger partial charge in [-0.25, -0.2) is 4.39 Å². The smallest absolute Gasteiger partial charge is 0.137 e. The first-order valence-corrected chi connectivity index (χ1v) is 6.02. The monoisotopic (exact) mass is 332 g/mol. The van der Waals surface area contributed by atoms with Gasteiger partial charge >= 0.3 is 0 Å². The zero-order chi connectivity index (χ0) is 10.8. The summed E-state index contributed by atoms with van der Waals surface area (Å²) >= 11 is 6.65. The molecule has 0 aliphatic carbocycles. The molecule has 78 valence electrons. The van der Waals surface area contributed by atoms with Gasteiger partial charge in [-0.2, -0.15) is 0 Å². The molecular weight excluding hydrogens is 327 g/mol. The SMILES string of the molecule is Fc1ccc(C(Br)c2ccco2)cc1Br. The molecule has 0 bridgehead atoms. The van der Waals surface area contributed by atoms with Crippen molar-refractivity contribution in [1.82, 2.24) is 0 Å². The van der Waals surface area contributed by atoms with Crippen LogP contribution >= 0.6 is 31.9 Å². The molecule has 0 saturated heterocycles. The maximum Gasteiger partial charge on any atom is 0.137 e. The van der Waals surface area contributed by atoms with Gasteiger partial charge in [0.1, 0.15) is 11.6 Å². The van der Waals surface area contributed by atoms with E-state index >= 15 is 0 Å². The average molecular weight is 334 g/mol. The van der Waals surface area contributed by atoms with Crippen LogP contribution in [0.5, 0.6) is 0 Å². The zero-order valence-corrected chi connectivity index (χ0v) is 10.8. The van der Waals surface area contributed by atoms with Gasteiger partial charge in [-0.05, 0) is 45.8 Å². The number of hydrogen-bond donors (Lipinski definition) is 0. The quantitative estimate of drug-likeness (QED) is 0.728. The van der Waals surface area contributed by atoms with Gasteiger partial charge < -0.3 is 4.42 Å². The summed E-state index contributed by atoms with van der Waals surface area (Å²) in [5.41, 5.74) is 0.943. The Morgan fingerprint density at radius 1 is 1.27 bits per heavy atom. The molecule has 0 saturated carbocycles. The predicted octanol–water partition coefficient (Wildman–Crippen LogP) is 4.67. The molecule has 0 radical (unpaired) electrons. The number of benzene rings is 1. The molecule has 2 aromatic rings. The summed E-state index contributed by atoms with van der Waals surface area (Å²) in [4.78, 5) is -0.0515. The van der Waals surface area contributed by atoms with E-state index in [-0.39, 0.29) is 10.6 Å². The van der Waals surface area contributed by atoms with Gasteiger partial charge in [0, 0.05) is 0 Å². The highest BCUT2D eigenvalue weighted by Gasteiger charge is 2.14. The summed E-state index contributed by atoms with van der Waals surface area (Å²) in [6, 6.07) is 8.58. The lowest BCUT2D eigenvalue weighted by atomic mass is 10.1. The number of halogens is 3. The van der Waals surface area contributed by atoms with Crippen molar-refractivity contribution >= 4 is 31.9 Å². The first-order valence-electron chi connectivity index (χ1n) is 4.31. The van der Waals surface area contributed by atoms with E-state index in [1.54, 1.807) is 18.4 Å². The van der Waals surface area contributed by atoms with Gasteiger partial charge in [-0.1, -0.05) is 22.0 Å². The first-order chi connectivity index (χ1) is 7.18. The molecule has 1 aromatic heterocycles. The lowest BCUT2D eigenvalue weighted by Crippen LogP contribution is -1.91. The maximum absolute atomic E-state index is 13.0. The molecule has 1 nitrogen and oxygen atoms in total. The van der Waals surface area contributed by atoms with Crippen LogP contribution in [0.3, 0.4) is 0 Å². The van der Waals surface area contributed by atoms with Crippen molar-refractivity contribution in [3.05, 3.63) is 58.2 Å². The van der Waals surface area contributed by atoms with E-state index in [1.165, 1.54) is 6.07 Å². The van der Waals surface area contributed by atoms with Crippen LogP contribution in [0, 0.1) is 5.82 Å². The molecule has 1 atom stereocenters.